The summed E-state index contributed by atoms with van der Waals surface area (Å²) in [4.78, 5) is 23.5. The molecule has 0 aromatic heterocycles. The monoisotopic (exact) mass is 366 g/mol. The van der Waals surface area contributed by atoms with Gasteiger partial charge in [-0.05, 0) is 35.5 Å². The molecule has 1 N–H and O–H groups in total. The van der Waals surface area contributed by atoms with Crippen molar-refractivity contribution in [1.82, 2.24) is 4.90 Å². The largest absolute Gasteiger partial charge is 0.488 e. The lowest BCUT2D eigenvalue weighted by Gasteiger charge is -2.43. The molecule has 7 nitrogen and oxygen atoms in total. The predicted octanol–water partition coefficient (Wildman–Crippen LogP) is 4.31. The predicted molar refractivity (Wildman–Crippen MR) is 94.8 cm³/mol. The average Bonchev–Trinajstić information content (AvgIpc) is 2.52. The minimum atomic E-state index is -1.01. The van der Waals surface area contributed by atoms with Crippen LogP contribution in [0.25, 0.3) is 6.08 Å². The lowest BCUT2D eigenvalue weighted by molar-refractivity contribution is -0.386. The van der Waals surface area contributed by atoms with Crippen LogP contribution in [-0.2, 0) is 0 Å². The molecular weight excluding hydrogens is 343 g/mol. The number of likely N-dealkylation sites (tertiary alicyclic amines) is 1. The third kappa shape index (κ3) is 3.95. The van der Waals surface area contributed by atoms with Crippen molar-refractivity contribution in [3.63, 3.8) is 0 Å². The maximum atomic E-state index is 14.2. The van der Waals surface area contributed by atoms with Crippen molar-refractivity contribution < 1.29 is 24.0 Å². The van der Waals surface area contributed by atoms with E-state index in [1.165, 1.54) is 18.1 Å². The maximum Gasteiger partial charge on any atom is 0.407 e. The van der Waals surface area contributed by atoms with Crippen molar-refractivity contribution in [3.05, 3.63) is 39.2 Å². The van der Waals surface area contributed by atoms with Gasteiger partial charge in [-0.15, -0.1) is 0 Å². The summed E-state index contributed by atoms with van der Waals surface area (Å²) in [6.45, 7) is 6.23. The Morgan fingerprint density at radius 1 is 1.46 bits per heavy atom. The van der Waals surface area contributed by atoms with Gasteiger partial charge in [0.15, 0.2) is 5.82 Å². The molecule has 1 unspecified atom stereocenters. The van der Waals surface area contributed by atoms with E-state index < -0.39 is 34.3 Å². The number of nitro benzene ring substituents is 1. The van der Waals surface area contributed by atoms with E-state index >= 15 is 0 Å². The lowest BCUT2D eigenvalue weighted by Crippen LogP contribution is -2.50. The molecule has 0 bridgehead atoms. The van der Waals surface area contributed by atoms with E-state index in [9.17, 15) is 24.4 Å². The summed E-state index contributed by atoms with van der Waals surface area (Å²) < 4.78 is 19.0. The van der Waals surface area contributed by atoms with Crippen LogP contribution in [0.1, 0.15) is 39.2 Å². The minimum absolute atomic E-state index is 0.312. The van der Waals surface area contributed by atoms with Crippen LogP contribution in [0.15, 0.2) is 17.7 Å². The van der Waals surface area contributed by atoms with Gasteiger partial charge in [-0.3, -0.25) is 10.1 Å². The Morgan fingerprint density at radius 2 is 2.12 bits per heavy atom. The molecule has 1 atom stereocenters. The number of rotatable bonds is 3. The van der Waals surface area contributed by atoms with Gasteiger partial charge in [0.2, 0.25) is 5.75 Å². The van der Waals surface area contributed by atoms with Crippen molar-refractivity contribution in [2.45, 2.75) is 39.7 Å². The number of carboxylic acid groups (broad SMARTS) is 1. The molecule has 1 aromatic rings. The summed E-state index contributed by atoms with van der Waals surface area (Å²) in [6.07, 6.45) is 1.93. The summed E-state index contributed by atoms with van der Waals surface area (Å²) in [6, 6.07) is 2.02. The molecule has 0 saturated carbocycles. The average molecular weight is 366 g/mol. The van der Waals surface area contributed by atoms with Crippen LogP contribution in [0.3, 0.4) is 0 Å². The molecule has 2 rings (SSSR count). The molecule has 1 saturated heterocycles. The third-order valence-electron chi connectivity index (χ3n) is 4.39. The number of carbonyl (C=O) groups is 1. The molecule has 142 valence electrons. The molecule has 0 radical (unpaired) electrons. The van der Waals surface area contributed by atoms with Gasteiger partial charge in [0.05, 0.1) is 18.1 Å². The quantitative estimate of drug-likeness (QED) is 0.635. The van der Waals surface area contributed by atoms with Gasteiger partial charge < -0.3 is 14.7 Å². The number of nitro groups is 1. The van der Waals surface area contributed by atoms with Crippen molar-refractivity contribution in [2.75, 3.05) is 13.7 Å². The van der Waals surface area contributed by atoms with Crippen molar-refractivity contribution >= 4 is 17.9 Å². The Labute approximate surface area is 151 Å². The van der Waals surface area contributed by atoms with Crippen LogP contribution in [0.4, 0.5) is 14.9 Å². The molecule has 1 heterocycles. The second kappa shape index (κ2) is 7.31. The molecular formula is C18H23FN2O5. The van der Waals surface area contributed by atoms with Crippen LogP contribution >= 0.6 is 0 Å². The van der Waals surface area contributed by atoms with Crippen molar-refractivity contribution in [1.29, 1.82) is 0 Å². The van der Waals surface area contributed by atoms with Crippen LogP contribution in [0.2, 0.25) is 0 Å². The van der Waals surface area contributed by atoms with E-state index in [4.69, 9.17) is 4.74 Å². The van der Waals surface area contributed by atoms with Gasteiger partial charge in [0, 0.05) is 12.6 Å². The smallest absolute Gasteiger partial charge is 0.407 e. The highest BCUT2D eigenvalue weighted by molar-refractivity contribution is 5.68. The van der Waals surface area contributed by atoms with E-state index in [0.29, 0.717) is 24.9 Å². The number of piperidine rings is 1. The van der Waals surface area contributed by atoms with Gasteiger partial charge in [-0.2, -0.15) is 0 Å². The zero-order valence-electron chi connectivity index (χ0n) is 15.3. The highest BCUT2D eigenvalue weighted by atomic mass is 19.1. The molecule has 0 aliphatic carbocycles. The fraction of sp³-hybridized carbons (Fsp3) is 0.500. The molecule has 1 aromatic carbocycles. The Morgan fingerprint density at radius 3 is 2.62 bits per heavy atom. The van der Waals surface area contributed by atoms with Gasteiger partial charge >= 0.3 is 11.8 Å². The van der Waals surface area contributed by atoms with Gasteiger partial charge in [-0.1, -0.05) is 26.8 Å². The zero-order valence-corrected chi connectivity index (χ0v) is 15.3. The second-order valence-corrected chi connectivity index (χ2v) is 7.38. The first-order valence-electron chi connectivity index (χ1n) is 8.28. The molecule has 0 spiro atoms. The normalized spacial score (nSPS) is 19.5. The van der Waals surface area contributed by atoms with Crippen LogP contribution in [0, 0.1) is 21.3 Å². The number of amides is 1. The number of hydrogen-bond donors (Lipinski definition) is 1. The number of benzene rings is 1. The summed E-state index contributed by atoms with van der Waals surface area (Å²) in [5.74, 6) is -1.24. The fourth-order valence-electron chi connectivity index (χ4n) is 3.53. The molecule has 1 fully saturated rings. The highest BCUT2D eigenvalue weighted by Crippen LogP contribution is 2.38. The SMILES string of the molecule is COc1c(F)cc(/C=C2/CCCN(C(=O)O)C2C(C)(C)C)cc1[N+](=O)[O-]. The first-order valence-corrected chi connectivity index (χ1v) is 8.28. The molecule has 1 amide bonds. The van der Waals surface area contributed by atoms with Crippen LogP contribution < -0.4 is 4.74 Å². The first kappa shape index (κ1) is 19.7. The van der Waals surface area contributed by atoms with Crippen molar-refractivity contribution in [3.8, 4) is 5.75 Å². The van der Waals surface area contributed by atoms with Gasteiger partial charge in [-0.25, -0.2) is 9.18 Å². The molecule has 26 heavy (non-hydrogen) atoms. The molecule has 1 aliphatic heterocycles. The summed E-state index contributed by atoms with van der Waals surface area (Å²) in [5, 5.41) is 20.7. The number of hydrogen-bond acceptors (Lipinski definition) is 4. The Hall–Kier alpha value is -2.64. The second-order valence-electron chi connectivity index (χ2n) is 7.38. The topological polar surface area (TPSA) is 92.9 Å². The maximum absolute atomic E-state index is 14.2. The fourth-order valence-corrected chi connectivity index (χ4v) is 3.53. The summed E-state index contributed by atoms with van der Waals surface area (Å²) in [5.41, 5.74) is 0.288. The van der Waals surface area contributed by atoms with Gasteiger partial charge in [0.1, 0.15) is 0 Å². The Balaban J connectivity index is 2.56. The summed E-state index contributed by atoms with van der Waals surface area (Å²) >= 11 is 0. The first-order chi connectivity index (χ1) is 12.1. The highest BCUT2D eigenvalue weighted by Gasteiger charge is 2.38. The van der Waals surface area contributed by atoms with E-state index in [1.54, 1.807) is 6.08 Å². The standard InChI is InChI=1S/C18H23FN2O5/c1-18(2,3)16-12(6-5-7-20(16)17(22)23)8-11-9-13(19)15(26-4)14(10-11)21(24)25/h8-10,16H,5-7H2,1-4H3,(H,22,23)/b12-8-. The number of halogens is 1. The lowest BCUT2D eigenvalue weighted by atomic mass is 9.77. The number of ether oxygens (including phenoxy) is 1. The van der Waals surface area contributed by atoms with E-state index in [2.05, 4.69) is 0 Å². The van der Waals surface area contributed by atoms with Gasteiger partial charge in [0.25, 0.3) is 0 Å². The Bertz CT molecular complexity index is 755. The number of methoxy groups -OCH3 is 1. The number of nitrogens with zero attached hydrogens (tertiary/aromatic N) is 2. The van der Waals surface area contributed by atoms with Crippen LogP contribution in [-0.4, -0.2) is 40.7 Å². The van der Waals surface area contributed by atoms with Crippen molar-refractivity contribution in [2.24, 2.45) is 5.41 Å². The zero-order chi connectivity index (χ0) is 19.6. The Kier molecular flexibility index (Phi) is 5.53. The van der Waals surface area contributed by atoms with E-state index in [-0.39, 0.29) is 5.41 Å². The van der Waals surface area contributed by atoms with E-state index in [0.717, 1.165) is 11.6 Å². The molecule has 1 aliphatic rings. The van der Waals surface area contributed by atoms with E-state index in [1.807, 2.05) is 20.8 Å². The third-order valence-corrected chi connectivity index (χ3v) is 4.39. The molecule has 8 heteroatoms. The van der Waals surface area contributed by atoms with Crippen LogP contribution in [0.5, 0.6) is 5.75 Å². The summed E-state index contributed by atoms with van der Waals surface area (Å²) in [7, 11) is 1.17. The minimum Gasteiger partial charge on any atom is -0.488 e.